The van der Waals surface area contributed by atoms with Gasteiger partial charge in [0.1, 0.15) is 10.8 Å². The summed E-state index contributed by atoms with van der Waals surface area (Å²) in [4.78, 5) is 13.6. The van der Waals surface area contributed by atoms with Gasteiger partial charge in [-0.1, -0.05) is 35.3 Å². The smallest absolute Gasteiger partial charge is 0.229 e. The van der Waals surface area contributed by atoms with Gasteiger partial charge < -0.3 is 25.2 Å². The standard InChI is InChI=1S/C24H28Cl2N6O/c1-16(17-4-6-18(25)7-5-17)28-23-20(26)15-27-24(30-23)29-21-9-8-19(14-22(21)33-3)32-12-10-31(2)11-13-32/h4-9,14-16H,10-13H2,1-3H3,(H2,27,28,29,30)/t16-/m1/s1. The lowest BCUT2D eigenvalue weighted by Crippen LogP contribution is -2.44. The molecule has 1 fully saturated rings. The number of anilines is 4. The van der Waals surface area contributed by atoms with Gasteiger partial charge in [0.15, 0.2) is 5.82 Å². The number of likely N-dealkylation sites (N-methyl/N-ethyl adjacent to an activating group) is 1. The molecule has 0 unspecified atom stereocenters. The van der Waals surface area contributed by atoms with Gasteiger partial charge in [-0.3, -0.25) is 0 Å². The zero-order valence-corrected chi connectivity index (χ0v) is 20.5. The molecule has 1 aromatic heterocycles. The number of methoxy groups -OCH3 is 1. The van der Waals surface area contributed by atoms with Crippen molar-refractivity contribution >= 4 is 46.3 Å². The molecule has 9 heteroatoms. The van der Waals surface area contributed by atoms with E-state index in [2.05, 4.69) is 43.5 Å². The van der Waals surface area contributed by atoms with Crippen molar-refractivity contribution < 1.29 is 4.74 Å². The minimum Gasteiger partial charge on any atom is -0.494 e. The molecule has 0 aliphatic carbocycles. The Labute approximate surface area is 204 Å². The van der Waals surface area contributed by atoms with E-state index in [-0.39, 0.29) is 6.04 Å². The van der Waals surface area contributed by atoms with Gasteiger partial charge in [-0.2, -0.15) is 4.98 Å². The molecule has 33 heavy (non-hydrogen) atoms. The van der Waals surface area contributed by atoms with Crippen molar-refractivity contribution in [3.8, 4) is 5.75 Å². The van der Waals surface area contributed by atoms with Gasteiger partial charge in [-0.25, -0.2) is 4.98 Å². The van der Waals surface area contributed by atoms with Gasteiger partial charge in [0.25, 0.3) is 0 Å². The summed E-state index contributed by atoms with van der Waals surface area (Å²) in [5.74, 6) is 1.70. The molecule has 2 aromatic carbocycles. The highest BCUT2D eigenvalue weighted by atomic mass is 35.5. The second-order valence-corrected chi connectivity index (χ2v) is 8.95. The number of rotatable bonds is 7. The summed E-state index contributed by atoms with van der Waals surface area (Å²) in [6, 6.07) is 13.8. The summed E-state index contributed by atoms with van der Waals surface area (Å²) in [6.07, 6.45) is 1.58. The third-order valence-corrected chi connectivity index (χ3v) is 6.30. The molecule has 174 valence electrons. The molecule has 1 aliphatic rings. The van der Waals surface area contributed by atoms with E-state index in [1.54, 1.807) is 13.3 Å². The fourth-order valence-corrected chi connectivity index (χ4v) is 4.01. The van der Waals surface area contributed by atoms with Crippen LogP contribution in [0.1, 0.15) is 18.5 Å². The molecular formula is C24H28Cl2N6O. The molecule has 2 heterocycles. The lowest BCUT2D eigenvalue weighted by Gasteiger charge is -2.34. The summed E-state index contributed by atoms with van der Waals surface area (Å²) in [5.41, 5.74) is 3.00. The lowest BCUT2D eigenvalue weighted by molar-refractivity contribution is 0.312. The Morgan fingerprint density at radius 3 is 2.45 bits per heavy atom. The molecule has 4 rings (SSSR count). The molecule has 1 atom stereocenters. The molecular weight excluding hydrogens is 459 g/mol. The zero-order chi connectivity index (χ0) is 23.4. The first kappa shape index (κ1) is 23.4. The predicted octanol–water partition coefficient (Wildman–Crippen LogP) is 5.46. The van der Waals surface area contributed by atoms with E-state index in [0.29, 0.717) is 21.8 Å². The highest BCUT2D eigenvalue weighted by molar-refractivity contribution is 6.32. The third-order valence-electron chi connectivity index (χ3n) is 5.77. The van der Waals surface area contributed by atoms with Crippen molar-refractivity contribution in [1.29, 1.82) is 0 Å². The number of halogens is 2. The number of aromatic nitrogens is 2. The molecule has 0 amide bonds. The van der Waals surface area contributed by atoms with Crippen LogP contribution in [0.4, 0.5) is 23.1 Å². The Morgan fingerprint density at radius 1 is 1.03 bits per heavy atom. The topological polar surface area (TPSA) is 65.6 Å². The summed E-state index contributed by atoms with van der Waals surface area (Å²) < 4.78 is 5.65. The fraction of sp³-hybridized carbons (Fsp3) is 0.333. The number of nitrogens with zero attached hydrogens (tertiary/aromatic N) is 4. The molecule has 2 N–H and O–H groups in total. The molecule has 0 bridgehead atoms. The maximum atomic E-state index is 6.36. The maximum absolute atomic E-state index is 6.36. The van der Waals surface area contributed by atoms with Crippen LogP contribution in [0.3, 0.4) is 0 Å². The number of piperazine rings is 1. The van der Waals surface area contributed by atoms with Gasteiger partial charge in [-0.15, -0.1) is 0 Å². The Morgan fingerprint density at radius 2 is 1.76 bits per heavy atom. The second kappa shape index (κ2) is 10.5. The van der Waals surface area contributed by atoms with Gasteiger partial charge in [-0.05, 0) is 43.8 Å². The van der Waals surface area contributed by atoms with E-state index in [9.17, 15) is 0 Å². The molecule has 1 aliphatic heterocycles. The number of hydrogen-bond donors (Lipinski definition) is 2. The maximum Gasteiger partial charge on any atom is 0.229 e. The van der Waals surface area contributed by atoms with E-state index in [0.717, 1.165) is 48.9 Å². The van der Waals surface area contributed by atoms with Crippen LogP contribution in [-0.4, -0.2) is 55.2 Å². The van der Waals surface area contributed by atoms with Crippen LogP contribution in [-0.2, 0) is 0 Å². The van der Waals surface area contributed by atoms with Gasteiger partial charge >= 0.3 is 0 Å². The van der Waals surface area contributed by atoms with Crippen molar-refractivity contribution in [3.63, 3.8) is 0 Å². The van der Waals surface area contributed by atoms with Crippen molar-refractivity contribution in [3.05, 3.63) is 64.3 Å². The zero-order valence-electron chi connectivity index (χ0n) is 19.0. The van der Waals surface area contributed by atoms with Crippen molar-refractivity contribution in [1.82, 2.24) is 14.9 Å². The average molecular weight is 487 g/mol. The van der Waals surface area contributed by atoms with Crippen LogP contribution >= 0.6 is 23.2 Å². The van der Waals surface area contributed by atoms with Gasteiger partial charge in [0.2, 0.25) is 5.95 Å². The first-order chi connectivity index (χ1) is 15.9. The lowest BCUT2D eigenvalue weighted by atomic mass is 10.1. The molecule has 1 saturated heterocycles. The summed E-state index contributed by atoms with van der Waals surface area (Å²) >= 11 is 12.4. The van der Waals surface area contributed by atoms with Crippen LogP contribution in [0.5, 0.6) is 5.75 Å². The molecule has 0 saturated carbocycles. The SMILES string of the molecule is COc1cc(N2CCN(C)CC2)ccc1Nc1ncc(Cl)c(N[C@H](C)c2ccc(Cl)cc2)n1. The van der Waals surface area contributed by atoms with Gasteiger partial charge in [0, 0.05) is 49.0 Å². The van der Waals surface area contributed by atoms with Crippen molar-refractivity contribution in [2.45, 2.75) is 13.0 Å². The van der Waals surface area contributed by atoms with E-state index in [4.69, 9.17) is 27.9 Å². The number of benzene rings is 2. The van der Waals surface area contributed by atoms with E-state index < -0.39 is 0 Å². The number of ether oxygens (including phenoxy) is 1. The van der Waals surface area contributed by atoms with Gasteiger partial charge in [0.05, 0.1) is 19.0 Å². The fourth-order valence-electron chi connectivity index (χ4n) is 3.73. The normalized spacial score (nSPS) is 15.2. The largest absolute Gasteiger partial charge is 0.494 e. The quantitative estimate of drug-likeness (QED) is 0.459. The third kappa shape index (κ3) is 5.79. The molecule has 3 aromatic rings. The van der Waals surface area contributed by atoms with Crippen molar-refractivity contribution in [2.75, 3.05) is 55.9 Å². The van der Waals surface area contributed by atoms with Crippen LogP contribution in [0.25, 0.3) is 0 Å². The first-order valence-corrected chi connectivity index (χ1v) is 11.6. The van der Waals surface area contributed by atoms with E-state index in [1.807, 2.05) is 43.3 Å². The van der Waals surface area contributed by atoms with Crippen molar-refractivity contribution in [2.24, 2.45) is 0 Å². The minimum absolute atomic E-state index is 0.0140. The second-order valence-electron chi connectivity index (χ2n) is 8.11. The van der Waals surface area contributed by atoms with Crippen LogP contribution in [0, 0.1) is 0 Å². The monoisotopic (exact) mass is 486 g/mol. The average Bonchev–Trinajstić information content (AvgIpc) is 2.82. The van der Waals surface area contributed by atoms with Crippen LogP contribution in [0.2, 0.25) is 10.0 Å². The molecule has 7 nitrogen and oxygen atoms in total. The Kier molecular flexibility index (Phi) is 7.42. The number of hydrogen-bond acceptors (Lipinski definition) is 7. The molecule has 0 radical (unpaired) electrons. The Bertz CT molecular complexity index is 1090. The summed E-state index contributed by atoms with van der Waals surface area (Å²) in [7, 11) is 3.81. The minimum atomic E-state index is -0.0140. The Balaban J connectivity index is 1.50. The number of nitrogens with one attached hydrogen (secondary N) is 2. The predicted molar refractivity (Wildman–Crippen MR) is 137 cm³/mol. The first-order valence-electron chi connectivity index (χ1n) is 10.9. The molecule has 0 spiro atoms. The summed E-state index contributed by atoms with van der Waals surface area (Å²) in [6.45, 7) is 6.12. The van der Waals surface area contributed by atoms with Crippen LogP contribution in [0.15, 0.2) is 48.7 Å². The van der Waals surface area contributed by atoms with E-state index in [1.165, 1.54) is 0 Å². The highest BCUT2D eigenvalue weighted by Gasteiger charge is 2.17. The summed E-state index contributed by atoms with van der Waals surface area (Å²) in [5, 5.41) is 7.75. The van der Waals surface area contributed by atoms with Crippen LogP contribution < -0.4 is 20.3 Å². The Hall–Kier alpha value is -2.74. The highest BCUT2D eigenvalue weighted by Crippen LogP contribution is 2.33. The van der Waals surface area contributed by atoms with E-state index >= 15 is 0 Å².